The predicted octanol–water partition coefficient (Wildman–Crippen LogP) is 2.29. The lowest BCUT2D eigenvalue weighted by Gasteiger charge is -2.28. The number of fused-ring (bicyclic) bond motifs is 1. The number of ether oxygens (including phenoxy) is 4. The smallest absolute Gasteiger partial charge is 0.427 e. The first-order chi connectivity index (χ1) is 17.3. The van der Waals surface area contributed by atoms with Crippen LogP contribution in [0.25, 0.3) is 11.2 Å². The average molecular weight is 540 g/mol. The molecule has 14 heteroatoms. The first-order valence-electron chi connectivity index (χ1n) is 12.1. The van der Waals surface area contributed by atoms with Crippen molar-refractivity contribution < 1.29 is 43.9 Å². The second-order valence-corrected chi connectivity index (χ2v) is 11.9. The van der Waals surface area contributed by atoms with E-state index >= 15 is 0 Å². The Kier molecular flexibility index (Phi) is 7.95. The van der Waals surface area contributed by atoms with Crippen LogP contribution in [0.5, 0.6) is 5.88 Å². The van der Waals surface area contributed by atoms with Crippen LogP contribution in [0, 0.1) is 0 Å². The molecule has 4 atom stereocenters. The van der Waals surface area contributed by atoms with Crippen LogP contribution in [-0.4, -0.2) is 88.7 Å². The molecule has 0 radical (unpaired) electrons. The molecule has 0 bridgehead atoms. The van der Waals surface area contributed by atoms with Crippen molar-refractivity contribution in [1.29, 1.82) is 0 Å². The molecule has 38 heavy (non-hydrogen) atoms. The summed E-state index contributed by atoms with van der Waals surface area (Å²) in [4.78, 5) is 40.0. The van der Waals surface area contributed by atoms with Crippen LogP contribution in [0.15, 0.2) is 6.33 Å². The molecule has 0 aromatic carbocycles. The molecule has 3 rings (SSSR count). The minimum atomic E-state index is -1.44. The van der Waals surface area contributed by atoms with Crippen molar-refractivity contribution in [1.82, 2.24) is 19.5 Å². The van der Waals surface area contributed by atoms with E-state index in [0.717, 1.165) is 0 Å². The first kappa shape index (κ1) is 29.5. The quantitative estimate of drug-likeness (QED) is 0.517. The highest BCUT2D eigenvalue weighted by molar-refractivity contribution is 6.08. The third-order valence-corrected chi connectivity index (χ3v) is 4.92. The summed E-state index contributed by atoms with van der Waals surface area (Å²) in [6, 6.07) is 0. The third-order valence-electron chi connectivity index (χ3n) is 4.92. The summed E-state index contributed by atoms with van der Waals surface area (Å²) >= 11 is 0. The van der Waals surface area contributed by atoms with E-state index < -0.39 is 66.1 Å². The maximum Gasteiger partial charge on any atom is 0.427 e. The highest BCUT2D eigenvalue weighted by atomic mass is 16.6. The molecule has 1 fully saturated rings. The molecule has 0 aliphatic carbocycles. The van der Waals surface area contributed by atoms with Gasteiger partial charge in [0, 0.05) is 0 Å². The molecule has 14 nitrogen and oxygen atoms in total. The Labute approximate surface area is 220 Å². The molecule has 3 heterocycles. The van der Waals surface area contributed by atoms with Gasteiger partial charge in [-0.15, -0.1) is 4.90 Å². The number of hydrogen-bond acceptors (Lipinski definition) is 12. The lowest BCUT2D eigenvalue weighted by atomic mass is 10.1. The summed E-state index contributed by atoms with van der Waals surface area (Å²) in [5, 5.41) is 30.3. The maximum atomic E-state index is 13.2. The zero-order valence-electron chi connectivity index (χ0n) is 23.1. The van der Waals surface area contributed by atoms with Crippen molar-refractivity contribution >= 4 is 29.3 Å². The Morgan fingerprint density at radius 1 is 0.947 bits per heavy atom. The van der Waals surface area contributed by atoms with Gasteiger partial charge in [-0.1, -0.05) is 0 Å². The van der Waals surface area contributed by atoms with Crippen LogP contribution in [0.3, 0.4) is 0 Å². The predicted molar refractivity (Wildman–Crippen MR) is 134 cm³/mol. The fourth-order valence-electron chi connectivity index (χ4n) is 3.49. The van der Waals surface area contributed by atoms with E-state index in [1.165, 1.54) is 10.9 Å². The number of carbonyl (C=O) groups is 2. The largest absolute Gasteiger partial charge is 0.470 e. The third kappa shape index (κ3) is 6.67. The summed E-state index contributed by atoms with van der Waals surface area (Å²) < 4.78 is 23.8. The molecule has 1 saturated heterocycles. The number of imidazole rings is 1. The molecular formula is C24H37N5O9. The average Bonchev–Trinajstić information content (AvgIpc) is 3.25. The molecular weight excluding hydrogens is 502 g/mol. The van der Waals surface area contributed by atoms with Crippen LogP contribution >= 0.6 is 0 Å². The molecule has 0 unspecified atom stereocenters. The van der Waals surface area contributed by atoms with Gasteiger partial charge in [0.2, 0.25) is 11.8 Å². The monoisotopic (exact) mass is 539 g/mol. The fourth-order valence-corrected chi connectivity index (χ4v) is 3.49. The van der Waals surface area contributed by atoms with E-state index in [0.29, 0.717) is 4.90 Å². The van der Waals surface area contributed by atoms with Crippen molar-refractivity contribution in [2.24, 2.45) is 0 Å². The highest BCUT2D eigenvalue weighted by Crippen LogP contribution is 2.35. The van der Waals surface area contributed by atoms with Crippen LogP contribution in [0.2, 0.25) is 0 Å². The topological polar surface area (TPSA) is 179 Å². The molecule has 1 aliphatic rings. The Morgan fingerprint density at radius 3 is 1.95 bits per heavy atom. The standard InChI is InChI=1S/C24H37N5O9/c1-22(2,3)36-17-13-16(28(11-25-13)18-15(32)14(31)12(10-30)35-18)26-19(27-17)29(20(33)37-23(4,5)6)21(34)38-24(7,8)9/h11-12,14-15,18,30-32H,10H2,1-9H3/t12-,14-,15-,18-/m1/s1. The molecule has 0 saturated carbocycles. The van der Waals surface area contributed by atoms with Gasteiger partial charge in [0.1, 0.15) is 35.1 Å². The van der Waals surface area contributed by atoms with E-state index in [2.05, 4.69) is 15.0 Å². The van der Waals surface area contributed by atoms with Gasteiger partial charge < -0.3 is 34.3 Å². The van der Waals surface area contributed by atoms with Gasteiger partial charge in [0.25, 0.3) is 0 Å². The van der Waals surface area contributed by atoms with Gasteiger partial charge in [-0.25, -0.2) is 14.6 Å². The number of anilines is 1. The maximum absolute atomic E-state index is 13.2. The normalized spacial score (nSPS) is 22.4. The number of imide groups is 1. The van der Waals surface area contributed by atoms with Crippen molar-refractivity contribution in [2.75, 3.05) is 11.5 Å². The summed E-state index contributed by atoms with van der Waals surface area (Å²) in [7, 11) is 0. The number of aliphatic hydroxyl groups excluding tert-OH is 3. The lowest BCUT2D eigenvalue weighted by Crippen LogP contribution is -2.44. The number of nitrogens with zero attached hydrogens (tertiary/aromatic N) is 5. The minimum Gasteiger partial charge on any atom is -0.470 e. The summed E-state index contributed by atoms with van der Waals surface area (Å²) in [6.07, 6.45) is -5.98. The molecule has 2 amide bonds. The Hall–Kier alpha value is -3.07. The summed E-state index contributed by atoms with van der Waals surface area (Å²) in [5.41, 5.74) is -2.56. The van der Waals surface area contributed by atoms with E-state index in [-0.39, 0.29) is 17.0 Å². The fraction of sp³-hybridized carbons (Fsp3) is 0.708. The van der Waals surface area contributed by atoms with E-state index in [4.69, 9.17) is 18.9 Å². The number of hydrogen-bond donors (Lipinski definition) is 3. The van der Waals surface area contributed by atoms with Gasteiger partial charge in [-0.2, -0.15) is 9.97 Å². The van der Waals surface area contributed by atoms with Crippen molar-refractivity contribution in [2.45, 2.75) is 104 Å². The van der Waals surface area contributed by atoms with E-state index in [1.807, 2.05) is 0 Å². The summed E-state index contributed by atoms with van der Waals surface area (Å²) in [5.74, 6) is -0.506. The number of carbonyl (C=O) groups excluding carboxylic acids is 2. The Bertz CT molecular complexity index is 1150. The number of aliphatic hydroxyl groups is 3. The zero-order chi connectivity index (χ0) is 28.8. The van der Waals surface area contributed by atoms with Crippen LogP contribution < -0.4 is 9.64 Å². The van der Waals surface area contributed by atoms with Gasteiger partial charge in [-0.05, 0) is 62.3 Å². The van der Waals surface area contributed by atoms with Gasteiger partial charge in [-0.3, -0.25) is 4.57 Å². The highest BCUT2D eigenvalue weighted by Gasteiger charge is 2.44. The van der Waals surface area contributed by atoms with Crippen molar-refractivity contribution in [3.05, 3.63) is 6.33 Å². The van der Waals surface area contributed by atoms with Crippen molar-refractivity contribution in [3.63, 3.8) is 0 Å². The first-order valence-corrected chi connectivity index (χ1v) is 12.1. The van der Waals surface area contributed by atoms with Crippen LogP contribution in [0.4, 0.5) is 15.5 Å². The van der Waals surface area contributed by atoms with Crippen molar-refractivity contribution in [3.8, 4) is 5.88 Å². The zero-order valence-corrected chi connectivity index (χ0v) is 23.1. The summed E-state index contributed by atoms with van der Waals surface area (Å²) in [6.45, 7) is 14.6. The molecule has 2 aromatic heterocycles. The van der Waals surface area contributed by atoms with Crippen LogP contribution in [-0.2, 0) is 14.2 Å². The van der Waals surface area contributed by atoms with Crippen LogP contribution in [0.1, 0.15) is 68.5 Å². The minimum absolute atomic E-state index is 0.0150. The molecule has 2 aromatic rings. The molecule has 3 N–H and O–H groups in total. The molecule has 0 spiro atoms. The number of amides is 2. The second kappa shape index (κ2) is 10.2. The molecule has 1 aliphatic heterocycles. The second-order valence-electron chi connectivity index (χ2n) is 11.9. The lowest BCUT2D eigenvalue weighted by molar-refractivity contribution is -0.0511. The molecule has 212 valence electrons. The number of aromatic nitrogens is 4. The van der Waals surface area contributed by atoms with Gasteiger partial charge >= 0.3 is 12.2 Å². The SMILES string of the molecule is CC(C)(C)OC(=O)N(C(=O)OC(C)(C)C)c1nc(OC(C)(C)C)c2ncn([C@@H]3O[C@H](CO)[C@@H](O)[C@H]3O)c2n1. The number of rotatable bonds is 4. The van der Waals surface area contributed by atoms with Gasteiger partial charge in [0.05, 0.1) is 12.9 Å². The Balaban J connectivity index is 2.23. The van der Waals surface area contributed by atoms with Gasteiger partial charge in [0.15, 0.2) is 17.4 Å². The Morgan fingerprint density at radius 2 is 1.50 bits per heavy atom. The van der Waals surface area contributed by atoms with E-state index in [1.54, 1.807) is 62.3 Å². The van der Waals surface area contributed by atoms with E-state index in [9.17, 15) is 24.9 Å².